The van der Waals surface area contributed by atoms with Gasteiger partial charge in [0.1, 0.15) is 19.3 Å². The standard InChI is InChI=1S/C44H90NO7P/c1-6-8-10-12-14-16-18-20-22-23-24-25-27-29-31-33-35-37-44(46)52-43(42-51-53(47,48)50-40-38-45(3,4)5)41-49-39-36-34-32-30-28-26-21-19-17-15-13-11-9-7-2/h43H,6-42H2,1-5H3/p+1. The molecule has 2 unspecified atom stereocenters. The number of esters is 1. The maximum atomic E-state index is 12.7. The second kappa shape index (κ2) is 38.4. The minimum Gasteiger partial charge on any atom is -0.457 e. The Morgan fingerprint density at radius 3 is 1.25 bits per heavy atom. The molecule has 0 spiro atoms. The number of quaternary nitrogens is 1. The third-order valence-electron chi connectivity index (χ3n) is 10.2. The minimum absolute atomic E-state index is 0.0939. The smallest absolute Gasteiger partial charge is 0.457 e. The monoisotopic (exact) mass is 777 g/mol. The summed E-state index contributed by atoms with van der Waals surface area (Å²) in [6, 6.07) is 0. The van der Waals surface area contributed by atoms with Gasteiger partial charge in [0.15, 0.2) is 0 Å². The van der Waals surface area contributed by atoms with Gasteiger partial charge in [-0.15, -0.1) is 0 Å². The molecule has 0 aromatic heterocycles. The number of rotatable bonds is 43. The van der Waals surface area contributed by atoms with E-state index >= 15 is 0 Å². The Labute approximate surface area is 329 Å². The number of phosphoric acid groups is 1. The van der Waals surface area contributed by atoms with Crippen molar-refractivity contribution in [1.29, 1.82) is 0 Å². The summed E-state index contributed by atoms with van der Waals surface area (Å²) >= 11 is 0. The molecule has 0 heterocycles. The lowest BCUT2D eigenvalue weighted by atomic mass is 10.0. The fraction of sp³-hybridized carbons (Fsp3) is 0.977. The van der Waals surface area contributed by atoms with E-state index in [9.17, 15) is 14.3 Å². The number of unbranched alkanes of at least 4 members (excludes halogenated alkanes) is 29. The van der Waals surface area contributed by atoms with Crippen LogP contribution >= 0.6 is 7.82 Å². The lowest BCUT2D eigenvalue weighted by Crippen LogP contribution is -2.37. The van der Waals surface area contributed by atoms with Crippen molar-refractivity contribution >= 4 is 13.8 Å². The first-order valence-electron chi connectivity index (χ1n) is 22.8. The Hall–Kier alpha value is -0.500. The maximum Gasteiger partial charge on any atom is 0.472 e. The van der Waals surface area contributed by atoms with E-state index in [4.69, 9.17) is 18.5 Å². The van der Waals surface area contributed by atoms with Crippen LogP contribution in [0.25, 0.3) is 0 Å². The largest absolute Gasteiger partial charge is 0.472 e. The van der Waals surface area contributed by atoms with Crippen molar-refractivity contribution in [3.05, 3.63) is 0 Å². The third kappa shape index (κ3) is 42.5. The molecule has 0 aliphatic rings. The molecule has 1 N–H and O–H groups in total. The summed E-state index contributed by atoms with van der Waals surface area (Å²) in [6.07, 6.45) is 39.8. The molecule has 53 heavy (non-hydrogen) atoms. The van der Waals surface area contributed by atoms with E-state index in [1.54, 1.807) is 0 Å². The third-order valence-corrected chi connectivity index (χ3v) is 11.2. The van der Waals surface area contributed by atoms with Crippen LogP contribution in [0.4, 0.5) is 0 Å². The molecule has 0 aliphatic carbocycles. The van der Waals surface area contributed by atoms with Crippen LogP contribution in [-0.4, -0.2) is 75.6 Å². The maximum absolute atomic E-state index is 12.7. The predicted octanol–water partition coefficient (Wildman–Crippen LogP) is 13.3. The molecule has 9 heteroatoms. The molecule has 0 aliphatic heterocycles. The van der Waals surface area contributed by atoms with Crippen molar-refractivity contribution in [3.8, 4) is 0 Å². The van der Waals surface area contributed by atoms with Crippen LogP contribution < -0.4 is 0 Å². The number of carbonyl (C=O) groups is 1. The van der Waals surface area contributed by atoms with Crippen LogP contribution in [0.1, 0.15) is 219 Å². The predicted molar refractivity (Wildman–Crippen MR) is 224 cm³/mol. The summed E-state index contributed by atoms with van der Waals surface area (Å²) in [5, 5.41) is 0. The van der Waals surface area contributed by atoms with E-state index in [2.05, 4.69) is 13.8 Å². The van der Waals surface area contributed by atoms with Gasteiger partial charge in [0.2, 0.25) is 0 Å². The molecular formula is C44H91NO7P+. The SMILES string of the molecule is CCCCCCCCCCCCCCCCCCCC(=O)OC(COCCCCCCCCCCCCCCCC)COP(=O)(O)OCC[N+](C)(C)C. The van der Waals surface area contributed by atoms with Gasteiger partial charge in [0.25, 0.3) is 0 Å². The first-order chi connectivity index (χ1) is 25.6. The van der Waals surface area contributed by atoms with Crippen LogP contribution in [-0.2, 0) is 27.9 Å². The summed E-state index contributed by atoms with van der Waals surface area (Å²) in [6.45, 7) is 5.68. The van der Waals surface area contributed by atoms with E-state index in [-0.39, 0.29) is 25.8 Å². The Morgan fingerprint density at radius 2 is 0.868 bits per heavy atom. The number of carbonyl (C=O) groups excluding carboxylic acids is 1. The molecule has 0 rings (SSSR count). The highest BCUT2D eigenvalue weighted by atomic mass is 31.2. The minimum atomic E-state index is -4.26. The highest BCUT2D eigenvalue weighted by molar-refractivity contribution is 7.47. The summed E-state index contributed by atoms with van der Waals surface area (Å²) in [5.41, 5.74) is 0. The van der Waals surface area contributed by atoms with Gasteiger partial charge in [-0.1, -0.05) is 200 Å². The highest BCUT2D eigenvalue weighted by Crippen LogP contribution is 2.43. The molecule has 2 atom stereocenters. The van der Waals surface area contributed by atoms with E-state index in [1.165, 1.54) is 167 Å². The summed E-state index contributed by atoms with van der Waals surface area (Å²) in [5.74, 6) is -0.307. The summed E-state index contributed by atoms with van der Waals surface area (Å²) in [7, 11) is 1.69. The van der Waals surface area contributed by atoms with Gasteiger partial charge in [-0.25, -0.2) is 4.57 Å². The van der Waals surface area contributed by atoms with Crippen molar-refractivity contribution in [2.75, 3.05) is 54.1 Å². The Balaban J connectivity index is 4.16. The molecule has 0 saturated carbocycles. The van der Waals surface area contributed by atoms with Crippen LogP contribution in [0.3, 0.4) is 0 Å². The number of hydrogen-bond acceptors (Lipinski definition) is 6. The van der Waals surface area contributed by atoms with Crippen molar-refractivity contribution in [3.63, 3.8) is 0 Å². The van der Waals surface area contributed by atoms with E-state index in [1.807, 2.05) is 21.1 Å². The molecular weight excluding hydrogens is 685 g/mol. The fourth-order valence-electron chi connectivity index (χ4n) is 6.61. The molecule has 0 bridgehead atoms. The summed E-state index contributed by atoms with van der Waals surface area (Å²) in [4.78, 5) is 22.9. The number of hydrogen-bond donors (Lipinski definition) is 1. The normalized spacial score (nSPS) is 13.7. The zero-order chi connectivity index (χ0) is 39.1. The average Bonchev–Trinajstić information content (AvgIpc) is 3.11. The Morgan fingerprint density at radius 1 is 0.509 bits per heavy atom. The van der Waals surface area contributed by atoms with Gasteiger partial charge < -0.3 is 18.9 Å². The van der Waals surface area contributed by atoms with E-state index in [0.717, 1.165) is 32.1 Å². The van der Waals surface area contributed by atoms with Crippen molar-refractivity contribution < 1.29 is 37.3 Å². The molecule has 0 fully saturated rings. The van der Waals surface area contributed by atoms with Crippen molar-refractivity contribution in [2.24, 2.45) is 0 Å². The highest BCUT2D eigenvalue weighted by Gasteiger charge is 2.26. The van der Waals surface area contributed by atoms with Gasteiger partial charge in [-0.3, -0.25) is 13.8 Å². The Bertz CT molecular complexity index is 822. The van der Waals surface area contributed by atoms with Gasteiger partial charge in [0, 0.05) is 13.0 Å². The molecule has 318 valence electrons. The van der Waals surface area contributed by atoms with Crippen LogP contribution in [0.2, 0.25) is 0 Å². The van der Waals surface area contributed by atoms with E-state index < -0.39 is 13.9 Å². The molecule has 8 nitrogen and oxygen atoms in total. The number of ether oxygens (including phenoxy) is 2. The number of nitrogens with zero attached hydrogens (tertiary/aromatic N) is 1. The lowest BCUT2D eigenvalue weighted by molar-refractivity contribution is -0.870. The zero-order valence-electron chi connectivity index (χ0n) is 36.0. The van der Waals surface area contributed by atoms with Gasteiger partial charge in [0.05, 0.1) is 34.4 Å². The molecule has 0 radical (unpaired) electrons. The van der Waals surface area contributed by atoms with Crippen molar-refractivity contribution in [2.45, 2.75) is 225 Å². The Kier molecular flexibility index (Phi) is 38.0. The van der Waals surface area contributed by atoms with Gasteiger partial charge in [-0.2, -0.15) is 0 Å². The first kappa shape index (κ1) is 52.5. The lowest BCUT2D eigenvalue weighted by Gasteiger charge is -2.24. The quantitative estimate of drug-likeness (QED) is 0.0285. The molecule has 0 aromatic carbocycles. The van der Waals surface area contributed by atoms with Gasteiger partial charge >= 0.3 is 13.8 Å². The van der Waals surface area contributed by atoms with Crippen LogP contribution in [0.15, 0.2) is 0 Å². The topological polar surface area (TPSA) is 91.3 Å². The van der Waals surface area contributed by atoms with Crippen LogP contribution in [0.5, 0.6) is 0 Å². The average molecular weight is 777 g/mol. The molecule has 0 amide bonds. The molecule has 0 aromatic rings. The summed E-state index contributed by atoms with van der Waals surface area (Å²) < 4.78 is 35.0. The second-order valence-corrected chi connectivity index (χ2v) is 18.3. The number of phosphoric ester groups is 1. The van der Waals surface area contributed by atoms with Crippen LogP contribution in [0, 0.1) is 0 Å². The zero-order valence-corrected chi connectivity index (χ0v) is 36.9. The van der Waals surface area contributed by atoms with Crippen molar-refractivity contribution in [1.82, 2.24) is 0 Å². The molecule has 0 saturated heterocycles. The second-order valence-electron chi connectivity index (χ2n) is 16.8. The first-order valence-corrected chi connectivity index (χ1v) is 24.3. The van der Waals surface area contributed by atoms with E-state index in [0.29, 0.717) is 24.1 Å². The fourth-order valence-corrected chi connectivity index (χ4v) is 7.35. The van der Waals surface area contributed by atoms with Gasteiger partial charge in [-0.05, 0) is 12.8 Å². The number of likely N-dealkylation sites (N-methyl/N-ethyl adjacent to an activating group) is 1.